The highest BCUT2D eigenvalue weighted by molar-refractivity contribution is 7.98. The summed E-state index contributed by atoms with van der Waals surface area (Å²) < 4.78 is 18.5. The van der Waals surface area contributed by atoms with Crippen molar-refractivity contribution in [1.82, 2.24) is 5.32 Å². The number of carbonyl (C=O) groups is 3. The van der Waals surface area contributed by atoms with Crippen molar-refractivity contribution in [3.8, 4) is 0 Å². The number of ether oxygens (including phenoxy) is 1. The molecule has 2 aliphatic heterocycles. The number of amides is 2. The second kappa shape index (κ2) is 8.13. The van der Waals surface area contributed by atoms with Crippen molar-refractivity contribution in [2.24, 2.45) is 11.8 Å². The van der Waals surface area contributed by atoms with Gasteiger partial charge in [0.25, 0.3) is 0 Å². The lowest BCUT2D eigenvalue weighted by Crippen LogP contribution is -2.56. The number of esters is 1. The molecular weight excluding hydrogens is 427 g/mol. The second-order valence-corrected chi connectivity index (χ2v) is 9.30. The van der Waals surface area contributed by atoms with E-state index in [2.05, 4.69) is 5.32 Å². The number of benzene rings is 1. The molecule has 2 fully saturated rings. The number of anilines is 1. The van der Waals surface area contributed by atoms with E-state index in [0.717, 1.165) is 9.78 Å². The summed E-state index contributed by atoms with van der Waals surface area (Å²) >= 11 is 3.02. The number of hydrogen-bond acceptors (Lipinski definition) is 7. The number of carbonyl (C=O) groups excluding carboxylic acids is 3. The average molecular weight is 449 g/mol. The molecule has 158 valence electrons. The molecule has 1 aromatic heterocycles. The topological polar surface area (TPSA) is 75.7 Å². The van der Waals surface area contributed by atoms with Crippen LogP contribution in [0.3, 0.4) is 0 Å². The van der Waals surface area contributed by atoms with Gasteiger partial charge in [0, 0.05) is 4.88 Å². The highest BCUT2D eigenvalue weighted by Gasteiger charge is 2.68. The Morgan fingerprint density at radius 1 is 1.27 bits per heavy atom. The fourth-order valence-corrected chi connectivity index (χ4v) is 5.87. The zero-order chi connectivity index (χ0) is 21.5. The number of nitrogens with one attached hydrogen (secondary N) is 1. The minimum atomic E-state index is -1.31. The highest BCUT2D eigenvalue weighted by atomic mass is 32.2. The summed E-state index contributed by atoms with van der Waals surface area (Å²) in [4.78, 5) is 42.0. The van der Waals surface area contributed by atoms with E-state index >= 15 is 0 Å². The van der Waals surface area contributed by atoms with Gasteiger partial charge in [-0.2, -0.15) is 11.8 Å². The number of thiophene rings is 1. The van der Waals surface area contributed by atoms with Gasteiger partial charge in [0.2, 0.25) is 11.8 Å². The number of methoxy groups -OCH3 is 1. The molecule has 9 heteroatoms. The molecule has 3 heterocycles. The third kappa shape index (κ3) is 3.16. The predicted octanol–water partition coefficient (Wildman–Crippen LogP) is 3.00. The van der Waals surface area contributed by atoms with Crippen LogP contribution in [0.2, 0.25) is 0 Å². The van der Waals surface area contributed by atoms with Crippen LogP contribution in [-0.4, -0.2) is 42.4 Å². The van der Waals surface area contributed by atoms with Crippen molar-refractivity contribution in [3.05, 3.63) is 52.5 Å². The molecule has 6 nitrogen and oxygen atoms in total. The Labute approximate surface area is 181 Å². The molecule has 0 saturated carbocycles. The van der Waals surface area contributed by atoms with E-state index in [-0.39, 0.29) is 0 Å². The minimum Gasteiger partial charge on any atom is -0.468 e. The Morgan fingerprint density at radius 2 is 2.00 bits per heavy atom. The van der Waals surface area contributed by atoms with E-state index in [1.54, 1.807) is 11.8 Å². The van der Waals surface area contributed by atoms with Gasteiger partial charge in [-0.3, -0.25) is 19.7 Å². The lowest BCUT2D eigenvalue weighted by atomic mass is 9.78. The normalized spacial score (nSPS) is 28.1. The molecule has 2 amide bonds. The molecule has 0 spiro atoms. The fourth-order valence-electron chi connectivity index (χ4n) is 4.52. The van der Waals surface area contributed by atoms with Crippen molar-refractivity contribution in [2.45, 2.75) is 18.0 Å². The summed E-state index contributed by atoms with van der Waals surface area (Å²) in [7, 11) is 1.29. The lowest BCUT2D eigenvalue weighted by molar-refractivity contribution is -0.152. The predicted molar refractivity (Wildman–Crippen MR) is 114 cm³/mol. The summed E-state index contributed by atoms with van der Waals surface area (Å²) in [6.45, 7) is 0. The van der Waals surface area contributed by atoms with E-state index in [9.17, 15) is 18.8 Å². The van der Waals surface area contributed by atoms with Gasteiger partial charge < -0.3 is 4.74 Å². The van der Waals surface area contributed by atoms with Crippen LogP contribution >= 0.6 is 23.1 Å². The highest BCUT2D eigenvalue weighted by Crippen LogP contribution is 2.52. The molecule has 1 N–H and O–H groups in total. The van der Waals surface area contributed by atoms with Gasteiger partial charge in [-0.15, -0.1) is 11.3 Å². The monoisotopic (exact) mass is 448 g/mol. The Hall–Kier alpha value is -2.23. The summed E-state index contributed by atoms with van der Waals surface area (Å²) in [5.41, 5.74) is -1.01. The van der Waals surface area contributed by atoms with E-state index < -0.39 is 47.0 Å². The smallest absolute Gasteiger partial charge is 0.326 e. The Balaban J connectivity index is 1.83. The summed E-state index contributed by atoms with van der Waals surface area (Å²) in [6, 6.07) is 8.50. The first kappa shape index (κ1) is 21.0. The standard InChI is InChI=1S/C21H21FN2O4S2/c1-28-20(27)21(9-11-29-2)16-15(17(23-21)14-4-3-10-30-14)18(25)24(19(16)26)13-7-5-12(22)6-8-13/h3-8,10,15-17,23H,9,11H2,1-2H3/t15-,16+,17+,21+/m0/s1. The third-order valence-electron chi connectivity index (χ3n) is 5.84. The van der Waals surface area contributed by atoms with Crippen LogP contribution < -0.4 is 10.2 Å². The van der Waals surface area contributed by atoms with Crippen molar-refractivity contribution in [2.75, 3.05) is 24.0 Å². The number of hydrogen-bond donors (Lipinski definition) is 1. The van der Waals surface area contributed by atoms with Crippen LogP contribution in [0.25, 0.3) is 0 Å². The SMILES string of the molecule is COC(=O)[C@]1(CCSC)N[C@H](c2cccs2)[C@H]2C(=O)N(c3ccc(F)cc3)C(=O)[C@@H]21. The summed E-state index contributed by atoms with van der Waals surface area (Å²) in [5.74, 6) is -2.90. The Kier molecular flexibility index (Phi) is 5.69. The molecule has 0 radical (unpaired) electrons. The molecule has 4 atom stereocenters. The quantitative estimate of drug-likeness (QED) is 0.541. The molecule has 30 heavy (non-hydrogen) atoms. The molecule has 1 aromatic carbocycles. The molecular formula is C21H21FN2O4S2. The largest absolute Gasteiger partial charge is 0.468 e. The first-order valence-electron chi connectivity index (χ1n) is 9.46. The van der Waals surface area contributed by atoms with Crippen LogP contribution in [0.5, 0.6) is 0 Å². The van der Waals surface area contributed by atoms with E-state index in [1.165, 1.54) is 42.7 Å². The average Bonchev–Trinajstić information content (AvgIpc) is 3.44. The zero-order valence-electron chi connectivity index (χ0n) is 16.5. The summed E-state index contributed by atoms with van der Waals surface area (Å²) in [5, 5.41) is 5.22. The molecule has 2 saturated heterocycles. The number of rotatable bonds is 6. The van der Waals surface area contributed by atoms with Gasteiger partial charge in [-0.1, -0.05) is 6.07 Å². The van der Waals surface area contributed by atoms with Crippen molar-refractivity contribution < 1.29 is 23.5 Å². The Morgan fingerprint density at radius 3 is 2.60 bits per heavy atom. The first-order chi connectivity index (χ1) is 14.4. The molecule has 0 unspecified atom stereocenters. The third-order valence-corrected chi connectivity index (χ3v) is 7.41. The maximum absolute atomic E-state index is 13.6. The number of halogens is 1. The van der Waals surface area contributed by atoms with Crippen LogP contribution in [0, 0.1) is 17.7 Å². The van der Waals surface area contributed by atoms with Crippen molar-refractivity contribution >= 4 is 46.6 Å². The maximum atomic E-state index is 13.6. The Bertz CT molecular complexity index is 966. The second-order valence-electron chi connectivity index (χ2n) is 7.33. The summed E-state index contributed by atoms with van der Waals surface area (Å²) in [6.07, 6.45) is 2.26. The molecule has 4 rings (SSSR count). The number of nitrogens with zero attached hydrogens (tertiary/aromatic N) is 1. The molecule has 2 aromatic rings. The van der Waals surface area contributed by atoms with Crippen LogP contribution in [-0.2, 0) is 19.1 Å². The first-order valence-corrected chi connectivity index (χ1v) is 11.7. The zero-order valence-corrected chi connectivity index (χ0v) is 18.1. The van der Waals surface area contributed by atoms with Crippen LogP contribution in [0.15, 0.2) is 41.8 Å². The van der Waals surface area contributed by atoms with Gasteiger partial charge in [0.1, 0.15) is 11.4 Å². The number of thioether (sulfide) groups is 1. The van der Waals surface area contributed by atoms with Crippen molar-refractivity contribution in [3.63, 3.8) is 0 Å². The lowest BCUT2D eigenvalue weighted by Gasteiger charge is -2.32. The van der Waals surface area contributed by atoms with Gasteiger partial charge >= 0.3 is 5.97 Å². The van der Waals surface area contributed by atoms with Crippen LogP contribution in [0.1, 0.15) is 17.3 Å². The van der Waals surface area contributed by atoms with Gasteiger partial charge in [0.05, 0.1) is 30.7 Å². The van der Waals surface area contributed by atoms with Gasteiger partial charge in [0.15, 0.2) is 0 Å². The molecule has 2 aliphatic rings. The maximum Gasteiger partial charge on any atom is 0.326 e. The van der Waals surface area contributed by atoms with Crippen LogP contribution in [0.4, 0.5) is 10.1 Å². The number of imide groups is 1. The van der Waals surface area contributed by atoms with E-state index in [0.29, 0.717) is 17.9 Å². The number of fused-ring (bicyclic) bond motifs is 1. The fraction of sp³-hybridized carbons (Fsp3) is 0.381. The van der Waals surface area contributed by atoms with Gasteiger partial charge in [-0.25, -0.2) is 9.29 Å². The van der Waals surface area contributed by atoms with Crippen molar-refractivity contribution in [1.29, 1.82) is 0 Å². The van der Waals surface area contributed by atoms with E-state index in [1.807, 2.05) is 23.8 Å². The molecule has 0 aliphatic carbocycles. The van der Waals surface area contributed by atoms with Gasteiger partial charge in [-0.05, 0) is 54.1 Å². The molecule has 0 bridgehead atoms. The van der Waals surface area contributed by atoms with E-state index in [4.69, 9.17) is 4.74 Å². The minimum absolute atomic E-state index is 0.300.